The highest BCUT2D eigenvalue weighted by Crippen LogP contribution is 2.67. The van der Waals surface area contributed by atoms with Crippen LogP contribution >= 0.6 is 0 Å². The molecule has 2 N–H and O–H groups in total. The zero-order valence-corrected chi connectivity index (χ0v) is 21.8. The Morgan fingerprint density at radius 2 is 2.00 bits per heavy atom. The first-order chi connectivity index (χ1) is 18.5. The van der Waals surface area contributed by atoms with E-state index in [0.717, 1.165) is 72.7 Å². The van der Waals surface area contributed by atoms with Gasteiger partial charge in [-0.3, -0.25) is 9.89 Å². The van der Waals surface area contributed by atoms with Crippen LogP contribution in [0.15, 0.2) is 60.0 Å². The molecule has 1 saturated heterocycles. The Morgan fingerprint density at radius 3 is 2.79 bits per heavy atom. The van der Waals surface area contributed by atoms with Crippen molar-refractivity contribution in [3.8, 4) is 0 Å². The predicted molar refractivity (Wildman–Crippen MR) is 148 cm³/mol. The lowest BCUT2D eigenvalue weighted by atomic mass is 9.85. The van der Waals surface area contributed by atoms with Crippen molar-refractivity contribution >= 4 is 34.8 Å². The number of benzene rings is 1. The zero-order chi connectivity index (χ0) is 25.9. The molecule has 2 aliphatic carbocycles. The molecule has 1 aromatic carbocycles. The van der Waals surface area contributed by atoms with Gasteiger partial charge in [-0.05, 0) is 60.5 Å². The maximum Gasteiger partial charge on any atom is 0.235 e. The Kier molecular flexibility index (Phi) is 5.49. The number of carbonyl (C=O) groups excluding carboxylic acids is 1. The first-order valence-corrected chi connectivity index (χ1v) is 13.4. The molecule has 4 aliphatic rings. The van der Waals surface area contributed by atoms with Crippen LogP contribution in [-0.4, -0.2) is 72.4 Å². The molecule has 2 aliphatic heterocycles. The molecule has 38 heavy (non-hydrogen) atoms. The van der Waals surface area contributed by atoms with Gasteiger partial charge in [-0.25, -0.2) is 4.98 Å². The van der Waals surface area contributed by atoms with Gasteiger partial charge in [0, 0.05) is 62.9 Å². The minimum absolute atomic E-state index is 0.0298. The van der Waals surface area contributed by atoms with Crippen LogP contribution in [0.3, 0.4) is 0 Å². The molecule has 1 unspecified atom stereocenters. The Balaban J connectivity index is 1.08. The molecule has 8 nitrogen and oxygen atoms in total. The van der Waals surface area contributed by atoms with E-state index in [1.165, 1.54) is 11.1 Å². The fourth-order valence-electron chi connectivity index (χ4n) is 6.30. The third kappa shape index (κ3) is 3.78. The highest BCUT2D eigenvalue weighted by atomic mass is 16.5. The van der Waals surface area contributed by atoms with Crippen LogP contribution in [-0.2, 0) is 9.53 Å². The second-order valence-corrected chi connectivity index (χ2v) is 10.9. The quantitative estimate of drug-likeness (QED) is 0.547. The summed E-state index contributed by atoms with van der Waals surface area (Å²) in [6, 6.07) is 10.6. The summed E-state index contributed by atoms with van der Waals surface area (Å²) >= 11 is 0. The van der Waals surface area contributed by atoms with E-state index in [9.17, 15) is 4.79 Å². The molecule has 4 heterocycles. The van der Waals surface area contributed by atoms with Crippen LogP contribution in [0.2, 0.25) is 0 Å². The minimum atomic E-state index is -0.434. The summed E-state index contributed by atoms with van der Waals surface area (Å²) in [4.78, 5) is 22.4. The third-order valence-corrected chi connectivity index (χ3v) is 8.71. The van der Waals surface area contributed by atoms with Crippen LogP contribution < -0.4 is 10.2 Å². The van der Waals surface area contributed by atoms with Crippen molar-refractivity contribution in [1.29, 1.82) is 0 Å². The van der Waals surface area contributed by atoms with Gasteiger partial charge in [0.2, 0.25) is 5.91 Å². The van der Waals surface area contributed by atoms with E-state index in [-0.39, 0.29) is 17.9 Å². The fourth-order valence-corrected chi connectivity index (χ4v) is 6.30. The number of hydrogen-bond donors (Lipinski definition) is 2. The molecule has 1 saturated carbocycles. The molecule has 0 bridgehead atoms. The molecule has 7 rings (SSSR count). The number of H-pyrrole nitrogens is 1. The first-order valence-electron chi connectivity index (χ1n) is 13.4. The molecule has 1 amide bonds. The highest BCUT2D eigenvalue weighted by Gasteiger charge is 2.66. The van der Waals surface area contributed by atoms with Crippen molar-refractivity contribution in [3.05, 3.63) is 76.8 Å². The number of allylic oxidation sites excluding steroid dienone is 1. The zero-order valence-electron chi connectivity index (χ0n) is 21.8. The largest absolute Gasteiger partial charge is 0.377 e. The van der Waals surface area contributed by atoms with Crippen LogP contribution in [0.5, 0.6) is 0 Å². The van der Waals surface area contributed by atoms with E-state index in [2.05, 4.69) is 73.8 Å². The van der Waals surface area contributed by atoms with Gasteiger partial charge >= 0.3 is 0 Å². The molecule has 0 radical (unpaired) electrons. The molecule has 8 heteroatoms. The maximum atomic E-state index is 13.0. The first kappa shape index (κ1) is 23.4. The van der Waals surface area contributed by atoms with E-state index in [1.54, 1.807) is 7.11 Å². The number of amides is 1. The number of ether oxygens (including phenoxy) is 1. The lowest BCUT2D eigenvalue weighted by molar-refractivity contribution is -0.123. The van der Waals surface area contributed by atoms with Crippen LogP contribution in [0.25, 0.3) is 23.1 Å². The summed E-state index contributed by atoms with van der Waals surface area (Å²) in [6.45, 7) is 4.15. The molecule has 3 atom stereocenters. The lowest BCUT2D eigenvalue weighted by Gasteiger charge is -2.33. The number of piperazine rings is 1. The summed E-state index contributed by atoms with van der Waals surface area (Å²) in [6.07, 6.45) is 11.7. The average molecular weight is 509 g/mol. The predicted octanol–water partition coefficient (Wildman–Crippen LogP) is 3.71. The number of methoxy groups -OCH3 is 1. The second-order valence-electron chi connectivity index (χ2n) is 10.9. The van der Waals surface area contributed by atoms with Gasteiger partial charge in [0.1, 0.15) is 5.82 Å². The number of hydrogen-bond acceptors (Lipinski definition) is 6. The Morgan fingerprint density at radius 1 is 1.13 bits per heavy atom. The summed E-state index contributed by atoms with van der Waals surface area (Å²) in [5.41, 5.74) is 5.82. The van der Waals surface area contributed by atoms with Gasteiger partial charge in [-0.1, -0.05) is 24.3 Å². The molecular formula is C30H32N6O2. The smallest absolute Gasteiger partial charge is 0.235 e. The van der Waals surface area contributed by atoms with Crippen molar-refractivity contribution in [3.63, 3.8) is 0 Å². The monoisotopic (exact) mass is 508 g/mol. The second kappa shape index (κ2) is 8.92. The van der Waals surface area contributed by atoms with Crippen LogP contribution in [0.1, 0.15) is 35.6 Å². The van der Waals surface area contributed by atoms with Crippen molar-refractivity contribution in [1.82, 2.24) is 25.4 Å². The summed E-state index contributed by atoms with van der Waals surface area (Å²) in [7, 11) is 3.88. The summed E-state index contributed by atoms with van der Waals surface area (Å²) in [5, 5.41) is 11.9. The topological polar surface area (TPSA) is 86.4 Å². The van der Waals surface area contributed by atoms with Crippen molar-refractivity contribution in [2.75, 3.05) is 45.2 Å². The molecule has 1 spiro atoms. The SMILES string of the molecule is COC1C=CC2=C(C1)[C@]1(C[C@H]1c1ccc3c(/C=C/c4ccc(N5CCN(C)CC5)nc4)n[nH]c3c1)C(=O)N2. The van der Waals surface area contributed by atoms with Gasteiger partial charge < -0.3 is 19.9 Å². The highest BCUT2D eigenvalue weighted by molar-refractivity contribution is 5.97. The Hall–Kier alpha value is -3.75. The number of pyridine rings is 1. The molecule has 2 fully saturated rings. The maximum absolute atomic E-state index is 13.0. The van der Waals surface area contributed by atoms with Crippen LogP contribution in [0.4, 0.5) is 5.82 Å². The number of fused-ring (bicyclic) bond motifs is 2. The molecule has 2 aromatic heterocycles. The fraction of sp³-hybridized carbons (Fsp3) is 0.367. The molecule has 194 valence electrons. The third-order valence-electron chi connectivity index (χ3n) is 8.71. The number of carbonyl (C=O) groups is 1. The summed E-state index contributed by atoms with van der Waals surface area (Å²) in [5.74, 6) is 1.33. The number of nitrogens with zero attached hydrogens (tertiary/aromatic N) is 4. The number of rotatable bonds is 5. The van der Waals surface area contributed by atoms with Crippen LogP contribution in [0, 0.1) is 5.41 Å². The number of aromatic nitrogens is 3. The van der Waals surface area contributed by atoms with E-state index in [1.807, 2.05) is 24.4 Å². The minimum Gasteiger partial charge on any atom is -0.377 e. The number of aromatic amines is 1. The van der Waals surface area contributed by atoms with Gasteiger partial charge in [0.15, 0.2) is 0 Å². The Bertz CT molecular complexity index is 1490. The van der Waals surface area contributed by atoms with Crippen molar-refractivity contribution in [2.45, 2.75) is 24.9 Å². The van der Waals surface area contributed by atoms with Gasteiger partial charge in [-0.15, -0.1) is 0 Å². The normalized spacial score (nSPS) is 27.1. The van der Waals surface area contributed by atoms with E-state index in [0.29, 0.717) is 0 Å². The van der Waals surface area contributed by atoms with E-state index < -0.39 is 5.41 Å². The van der Waals surface area contributed by atoms with Gasteiger partial charge in [0.25, 0.3) is 0 Å². The Labute approximate surface area is 222 Å². The van der Waals surface area contributed by atoms with Crippen molar-refractivity contribution in [2.24, 2.45) is 5.41 Å². The van der Waals surface area contributed by atoms with Gasteiger partial charge in [0.05, 0.1) is 22.7 Å². The molecular weight excluding hydrogens is 476 g/mol. The average Bonchev–Trinajstić information content (AvgIpc) is 3.49. The standard InChI is InChI=1S/C30H32N6O2/c1-35-11-13-36(14-12-35)28-10-4-19(18-31-28)3-8-25-22-7-5-20(15-27(22)34-33-25)24-17-30(24)23-16-21(38-2)6-9-26(23)32-29(30)37/h3-10,15,18,21,24H,11-14,16-17H2,1-2H3,(H,32,37)(H,33,34)/b8-3+/t21?,24-,30-/m0/s1. The number of nitrogens with one attached hydrogen (secondary N) is 2. The van der Waals surface area contributed by atoms with E-state index in [4.69, 9.17) is 4.74 Å². The summed E-state index contributed by atoms with van der Waals surface area (Å²) < 4.78 is 5.56. The van der Waals surface area contributed by atoms with Gasteiger partial charge in [-0.2, -0.15) is 5.10 Å². The number of anilines is 1. The molecule has 3 aromatic rings. The van der Waals surface area contributed by atoms with Crippen molar-refractivity contribution < 1.29 is 9.53 Å². The lowest BCUT2D eigenvalue weighted by Crippen LogP contribution is -2.44. The van der Waals surface area contributed by atoms with E-state index >= 15 is 0 Å². The number of likely N-dealkylation sites (N-methyl/N-ethyl adjacent to an activating group) is 1.